The van der Waals surface area contributed by atoms with Gasteiger partial charge in [-0.25, -0.2) is 14.8 Å². The predicted octanol–water partition coefficient (Wildman–Crippen LogP) is 5.89. The van der Waals surface area contributed by atoms with Crippen molar-refractivity contribution < 1.29 is 14.3 Å². The van der Waals surface area contributed by atoms with Crippen LogP contribution in [0.3, 0.4) is 0 Å². The van der Waals surface area contributed by atoms with Crippen LogP contribution in [0.2, 0.25) is 5.02 Å². The molecule has 0 fully saturated rings. The summed E-state index contributed by atoms with van der Waals surface area (Å²) < 4.78 is 13.1. The third-order valence-corrected chi connectivity index (χ3v) is 6.60. The molecular formula is C28H25ClN4O3. The summed E-state index contributed by atoms with van der Waals surface area (Å²) in [6, 6.07) is 17.3. The van der Waals surface area contributed by atoms with Gasteiger partial charge in [0.1, 0.15) is 11.3 Å². The van der Waals surface area contributed by atoms with Crippen molar-refractivity contribution in [3.8, 4) is 5.69 Å². The van der Waals surface area contributed by atoms with Gasteiger partial charge in [0.05, 0.1) is 36.7 Å². The van der Waals surface area contributed by atoms with Crippen LogP contribution in [0.1, 0.15) is 36.2 Å². The number of fused-ring (bicyclic) bond motifs is 1. The maximum atomic E-state index is 13.3. The van der Waals surface area contributed by atoms with Gasteiger partial charge in [0.25, 0.3) is 0 Å². The zero-order valence-corrected chi connectivity index (χ0v) is 21.0. The highest BCUT2D eigenvalue weighted by atomic mass is 35.5. The van der Waals surface area contributed by atoms with Gasteiger partial charge in [-0.15, -0.1) is 0 Å². The van der Waals surface area contributed by atoms with Crippen LogP contribution in [0.25, 0.3) is 22.4 Å². The van der Waals surface area contributed by atoms with Gasteiger partial charge in [-0.3, -0.25) is 9.55 Å². The lowest BCUT2D eigenvalue weighted by Gasteiger charge is -2.27. The average Bonchev–Trinajstić information content (AvgIpc) is 3.24. The van der Waals surface area contributed by atoms with Crippen molar-refractivity contribution in [1.29, 1.82) is 0 Å². The topological polar surface area (TPSA) is 78.6 Å². The summed E-state index contributed by atoms with van der Waals surface area (Å²) in [4.78, 5) is 26.8. The highest BCUT2D eigenvalue weighted by molar-refractivity contribution is 6.31. The van der Waals surface area contributed by atoms with Crippen molar-refractivity contribution in [2.75, 3.05) is 13.7 Å². The van der Waals surface area contributed by atoms with Gasteiger partial charge in [-0.1, -0.05) is 41.9 Å². The number of methoxy groups -OCH3 is 1. The molecule has 1 unspecified atom stereocenters. The number of carbonyl (C=O) groups is 1. The van der Waals surface area contributed by atoms with E-state index in [2.05, 4.69) is 14.5 Å². The Kier molecular flexibility index (Phi) is 6.57. The first-order valence-corrected chi connectivity index (χ1v) is 12.1. The van der Waals surface area contributed by atoms with Crippen molar-refractivity contribution in [1.82, 2.24) is 14.5 Å². The van der Waals surface area contributed by atoms with Gasteiger partial charge >= 0.3 is 5.97 Å². The highest BCUT2D eigenvalue weighted by Crippen LogP contribution is 2.41. The highest BCUT2D eigenvalue weighted by Gasteiger charge is 2.34. The van der Waals surface area contributed by atoms with Gasteiger partial charge in [-0.2, -0.15) is 0 Å². The number of nitrogens with zero attached hydrogens (tertiary/aromatic N) is 4. The number of carbonyl (C=O) groups excluding carboxylic acids is 1. The molecule has 0 aliphatic carbocycles. The van der Waals surface area contributed by atoms with E-state index in [1.54, 1.807) is 26.4 Å². The number of benzene rings is 2. The molecule has 7 nitrogen and oxygen atoms in total. The van der Waals surface area contributed by atoms with Crippen molar-refractivity contribution in [2.45, 2.75) is 26.2 Å². The number of imidazole rings is 1. The van der Waals surface area contributed by atoms with Gasteiger partial charge < -0.3 is 9.47 Å². The SMILES string of the molecule is CCOC(=O)C1=C(c2ccc(-n3c(C)nc4cnccc43)cc2)N=C(OC)CC1c1ccccc1Cl. The fourth-order valence-corrected chi connectivity index (χ4v) is 4.91. The fraction of sp³-hybridized carbons (Fsp3) is 0.214. The molecule has 0 amide bonds. The predicted molar refractivity (Wildman–Crippen MR) is 140 cm³/mol. The number of esters is 1. The first-order chi connectivity index (χ1) is 17.5. The van der Waals surface area contributed by atoms with E-state index in [-0.39, 0.29) is 12.5 Å². The van der Waals surface area contributed by atoms with Gasteiger partial charge in [0, 0.05) is 34.8 Å². The molecule has 0 radical (unpaired) electrons. The summed E-state index contributed by atoms with van der Waals surface area (Å²) in [6.45, 7) is 4.00. The molecule has 0 saturated heterocycles. The normalized spacial score (nSPS) is 15.7. The number of hydrogen-bond acceptors (Lipinski definition) is 6. The molecule has 1 aliphatic heterocycles. The number of rotatable bonds is 5. The molecule has 0 bridgehead atoms. The molecule has 36 heavy (non-hydrogen) atoms. The molecule has 182 valence electrons. The Morgan fingerprint density at radius 1 is 1.14 bits per heavy atom. The van der Waals surface area contributed by atoms with E-state index in [4.69, 9.17) is 26.1 Å². The maximum absolute atomic E-state index is 13.3. The molecular weight excluding hydrogens is 476 g/mol. The van der Waals surface area contributed by atoms with Gasteiger partial charge in [0.2, 0.25) is 0 Å². The number of ether oxygens (including phenoxy) is 2. The number of aryl methyl sites for hydroxylation is 1. The standard InChI is InChI=1S/C28H25ClN4O3/c1-4-36-28(34)26-21(20-7-5-6-8-22(20)29)15-25(35-3)32-27(26)18-9-11-19(12-10-18)33-17(2)31-23-16-30-14-13-24(23)33/h5-14,16,21H,4,15H2,1-3H3. The fourth-order valence-electron chi connectivity index (χ4n) is 4.64. The van der Waals surface area contributed by atoms with Crippen LogP contribution in [0.5, 0.6) is 0 Å². The molecule has 4 aromatic rings. The summed E-state index contributed by atoms with van der Waals surface area (Å²) in [7, 11) is 1.58. The molecule has 0 N–H and O–H groups in total. The van der Waals surface area contributed by atoms with E-state index >= 15 is 0 Å². The van der Waals surface area contributed by atoms with E-state index in [1.165, 1.54) is 0 Å². The molecule has 8 heteroatoms. The zero-order chi connectivity index (χ0) is 25.2. The summed E-state index contributed by atoms with van der Waals surface area (Å²) in [5.41, 5.74) is 5.33. The quantitative estimate of drug-likeness (QED) is 0.319. The third kappa shape index (κ3) is 4.27. The van der Waals surface area contributed by atoms with Gasteiger partial charge in [0.15, 0.2) is 5.90 Å². The Morgan fingerprint density at radius 2 is 1.92 bits per heavy atom. The maximum Gasteiger partial charge on any atom is 0.336 e. The molecule has 0 spiro atoms. The zero-order valence-electron chi connectivity index (χ0n) is 20.2. The first kappa shape index (κ1) is 23.8. The average molecular weight is 501 g/mol. The van der Waals surface area contributed by atoms with E-state index in [1.807, 2.05) is 61.5 Å². The van der Waals surface area contributed by atoms with Crippen LogP contribution in [0, 0.1) is 6.92 Å². The lowest BCUT2D eigenvalue weighted by Crippen LogP contribution is -2.23. The van der Waals surface area contributed by atoms with Crippen LogP contribution >= 0.6 is 11.6 Å². The number of aromatic nitrogens is 3. The van der Waals surface area contributed by atoms with Crippen LogP contribution in [0.4, 0.5) is 0 Å². The monoisotopic (exact) mass is 500 g/mol. The first-order valence-electron chi connectivity index (χ1n) is 11.7. The minimum Gasteiger partial charge on any atom is -0.484 e. The largest absolute Gasteiger partial charge is 0.484 e. The minimum absolute atomic E-state index is 0.256. The molecule has 0 saturated carbocycles. The van der Waals surface area contributed by atoms with Gasteiger partial charge in [-0.05, 0) is 43.7 Å². The lowest BCUT2D eigenvalue weighted by molar-refractivity contribution is -0.138. The van der Waals surface area contributed by atoms with E-state index in [0.717, 1.165) is 33.7 Å². The van der Waals surface area contributed by atoms with Crippen molar-refractivity contribution in [2.24, 2.45) is 4.99 Å². The Bertz CT molecular complexity index is 1510. The van der Waals surface area contributed by atoms with Crippen molar-refractivity contribution >= 4 is 40.2 Å². The van der Waals surface area contributed by atoms with E-state index in [0.29, 0.717) is 28.6 Å². The molecule has 2 aromatic heterocycles. The summed E-state index contributed by atoms with van der Waals surface area (Å²) in [5, 5.41) is 0.577. The van der Waals surface area contributed by atoms with Crippen LogP contribution in [0.15, 0.2) is 77.6 Å². The van der Waals surface area contributed by atoms with Crippen LogP contribution in [-0.2, 0) is 14.3 Å². The Morgan fingerprint density at radius 3 is 2.64 bits per heavy atom. The van der Waals surface area contributed by atoms with Crippen molar-refractivity contribution in [3.05, 3.63) is 94.5 Å². The van der Waals surface area contributed by atoms with Crippen LogP contribution in [-0.4, -0.2) is 40.1 Å². The number of pyridine rings is 1. The Labute approximate surface area is 214 Å². The third-order valence-electron chi connectivity index (χ3n) is 6.25. The number of halogens is 1. The molecule has 1 aliphatic rings. The smallest absolute Gasteiger partial charge is 0.336 e. The molecule has 2 aromatic carbocycles. The molecule has 1 atom stereocenters. The Balaban J connectivity index is 1.65. The summed E-state index contributed by atoms with van der Waals surface area (Å²) >= 11 is 6.56. The second kappa shape index (κ2) is 9.95. The minimum atomic E-state index is -0.413. The molecule has 5 rings (SSSR count). The second-order valence-corrected chi connectivity index (χ2v) is 8.78. The van der Waals surface area contributed by atoms with E-state index < -0.39 is 5.97 Å². The lowest BCUT2D eigenvalue weighted by atomic mass is 9.83. The second-order valence-electron chi connectivity index (χ2n) is 8.38. The number of hydrogen-bond donors (Lipinski definition) is 0. The van der Waals surface area contributed by atoms with Crippen LogP contribution < -0.4 is 0 Å². The number of aliphatic imine (C=N–C) groups is 1. The summed E-state index contributed by atoms with van der Waals surface area (Å²) in [6.07, 6.45) is 3.91. The van der Waals surface area contributed by atoms with Crippen molar-refractivity contribution in [3.63, 3.8) is 0 Å². The Hall–Kier alpha value is -3.97. The molecule has 3 heterocycles. The van der Waals surface area contributed by atoms with E-state index in [9.17, 15) is 4.79 Å². The summed E-state index contributed by atoms with van der Waals surface area (Å²) in [5.74, 6) is 0.612.